The minimum Gasteiger partial charge on any atom is -0.464 e. The van der Waals surface area contributed by atoms with Gasteiger partial charge in [0.05, 0.1) is 7.11 Å². The maximum Gasteiger partial charge on any atom is 0.354 e. The van der Waals surface area contributed by atoms with Gasteiger partial charge in [-0.3, -0.25) is 4.90 Å². The Bertz CT molecular complexity index is 690. The van der Waals surface area contributed by atoms with Crippen molar-refractivity contribution < 1.29 is 9.53 Å². The third-order valence-corrected chi connectivity index (χ3v) is 4.50. The number of hydrogen-bond acceptors (Lipinski definition) is 4. The van der Waals surface area contributed by atoms with Crippen LogP contribution in [-0.2, 0) is 11.3 Å². The molecule has 0 saturated carbocycles. The zero-order valence-corrected chi connectivity index (χ0v) is 15.0. The summed E-state index contributed by atoms with van der Waals surface area (Å²) in [5.74, 6) is -0.348. The van der Waals surface area contributed by atoms with Crippen LogP contribution in [0.25, 0.3) is 0 Å². The highest BCUT2D eigenvalue weighted by Gasteiger charge is 2.25. The Morgan fingerprint density at radius 2 is 2.21 bits per heavy atom. The van der Waals surface area contributed by atoms with E-state index in [9.17, 15) is 4.79 Å². The molecule has 2 N–H and O–H groups in total. The summed E-state index contributed by atoms with van der Waals surface area (Å²) in [4.78, 5) is 16.9. The third kappa shape index (κ3) is 4.11. The number of aromatic amines is 1. The topological polar surface area (TPSA) is 57.4 Å². The number of carbonyl (C=O) groups is 1. The quantitative estimate of drug-likeness (QED) is 0.813. The molecule has 7 heteroatoms. The van der Waals surface area contributed by atoms with Crippen molar-refractivity contribution in [3.8, 4) is 0 Å². The number of aromatic nitrogens is 1. The first-order valence-electron chi connectivity index (χ1n) is 7.64. The predicted octanol–water partition coefficient (Wildman–Crippen LogP) is 3.02. The summed E-state index contributed by atoms with van der Waals surface area (Å²) in [7, 11) is 1.38. The Hall–Kier alpha value is -1.53. The number of methoxy groups -OCH3 is 1. The summed E-state index contributed by atoms with van der Waals surface area (Å²) in [5.41, 5.74) is 2.67. The first-order valence-corrected chi connectivity index (χ1v) is 8.01. The maximum absolute atomic E-state index is 11.6. The molecule has 0 aliphatic carbocycles. The van der Waals surface area contributed by atoms with Crippen LogP contribution in [0.5, 0.6) is 0 Å². The minimum absolute atomic E-state index is 0. The Morgan fingerprint density at radius 3 is 2.96 bits per heavy atom. The van der Waals surface area contributed by atoms with Gasteiger partial charge in [-0.2, -0.15) is 0 Å². The molecule has 1 unspecified atom stereocenters. The van der Waals surface area contributed by atoms with Crippen LogP contribution in [0, 0.1) is 0 Å². The number of ether oxygens (including phenoxy) is 1. The van der Waals surface area contributed by atoms with Crippen LogP contribution in [0.2, 0.25) is 5.02 Å². The molecule has 1 atom stereocenters. The number of H-pyrrole nitrogens is 1. The van der Waals surface area contributed by atoms with E-state index in [1.165, 1.54) is 7.11 Å². The smallest absolute Gasteiger partial charge is 0.354 e. The molecular weight excluding hydrogens is 349 g/mol. The monoisotopic (exact) mass is 369 g/mol. The average Bonchev–Trinajstić information content (AvgIpc) is 3.04. The van der Waals surface area contributed by atoms with Crippen molar-refractivity contribution in [2.75, 3.05) is 26.7 Å². The van der Waals surface area contributed by atoms with Crippen molar-refractivity contribution in [3.63, 3.8) is 0 Å². The van der Waals surface area contributed by atoms with E-state index in [0.29, 0.717) is 5.69 Å². The van der Waals surface area contributed by atoms with Crippen LogP contribution >= 0.6 is 24.0 Å². The van der Waals surface area contributed by atoms with Gasteiger partial charge in [-0.05, 0) is 23.3 Å². The molecule has 1 aromatic heterocycles. The van der Waals surface area contributed by atoms with E-state index in [1.807, 2.05) is 30.5 Å². The predicted molar refractivity (Wildman–Crippen MR) is 96.9 cm³/mol. The fraction of sp³-hybridized carbons (Fsp3) is 0.353. The fourth-order valence-electron chi connectivity index (χ4n) is 2.98. The number of benzene rings is 1. The van der Waals surface area contributed by atoms with E-state index in [-0.39, 0.29) is 24.4 Å². The summed E-state index contributed by atoms with van der Waals surface area (Å²) in [6, 6.07) is 10.0. The Balaban J connectivity index is 0.00000208. The van der Waals surface area contributed by atoms with Crippen molar-refractivity contribution in [2.45, 2.75) is 12.6 Å². The maximum atomic E-state index is 11.6. The molecule has 1 aromatic carbocycles. The summed E-state index contributed by atoms with van der Waals surface area (Å²) in [5, 5.41) is 4.21. The largest absolute Gasteiger partial charge is 0.464 e. The lowest BCUT2D eigenvalue weighted by molar-refractivity contribution is 0.0594. The number of rotatable bonds is 4. The van der Waals surface area contributed by atoms with E-state index in [0.717, 1.165) is 42.3 Å². The highest BCUT2D eigenvalue weighted by molar-refractivity contribution is 6.31. The number of halogens is 2. The van der Waals surface area contributed by atoms with Crippen molar-refractivity contribution >= 4 is 30.0 Å². The SMILES string of the molecule is COC(=O)c1cc(CN2CCNCC2c2ccccc2Cl)c[nH]1.Cl. The lowest BCUT2D eigenvalue weighted by Gasteiger charge is -2.36. The number of nitrogens with one attached hydrogen (secondary N) is 2. The molecule has 5 nitrogen and oxygen atoms in total. The van der Waals surface area contributed by atoms with E-state index in [2.05, 4.69) is 21.3 Å². The van der Waals surface area contributed by atoms with Gasteiger partial charge in [0.2, 0.25) is 0 Å². The number of esters is 1. The number of hydrogen-bond donors (Lipinski definition) is 2. The molecular formula is C17H21Cl2N3O2. The van der Waals surface area contributed by atoms with Crippen molar-refractivity contribution in [1.82, 2.24) is 15.2 Å². The Kier molecular flexibility index (Phi) is 6.69. The van der Waals surface area contributed by atoms with Crippen molar-refractivity contribution in [3.05, 3.63) is 58.4 Å². The summed E-state index contributed by atoms with van der Waals surface area (Å²) >= 11 is 6.37. The molecule has 1 saturated heterocycles. The van der Waals surface area contributed by atoms with E-state index >= 15 is 0 Å². The van der Waals surface area contributed by atoms with Crippen LogP contribution in [0.15, 0.2) is 36.5 Å². The van der Waals surface area contributed by atoms with Gasteiger partial charge in [0, 0.05) is 43.4 Å². The van der Waals surface area contributed by atoms with Gasteiger partial charge in [0.25, 0.3) is 0 Å². The molecule has 1 aliphatic heterocycles. The lowest BCUT2D eigenvalue weighted by Crippen LogP contribution is -2.45. The van der Waals surface area contributed by atoms with Gasteiger partial charge in [-0.15, -0.1) is 12.4 Å². The molecule has 0 radical (unpaired) electrons. The number of carbonyl (C=O) groups excluding carboxylic acids is 1. The van der Waals surface area contributed by atoms with Crippen LogP contribution in [0.4, 0.5) is 0 Å². The zero-order chi connectivity index (χ0) is 16.2. The van der Waals surface area contributed by atoms with Gasteiger partial charge in [0.1, 0.15) is 5.69 Å². The van der Waals surface area contributed by atoms with Gasteiger partial charge in [0.15, 0.2) is 0 Å². The molecule has 1 fully saturated rings. The van der Waals surface area contributed by atoms with Crippen molar-refractivity contribution in [1.29, 1.82) is 0 Å². The second-order valence-electron chi connectivity index (χ2n) is 5.63. The molecule has 3 rings (SSSR count). The molecule has 2 aromatic rings. The van der Waals surface area contributed by atoms with Crippen LogP contribution in [-0.4, -0.2) is 42.6 Å². The van der Waals surface area contributed by atoms with Crippen molar-refractivity contribution in [2.24, 2.45) is 0 Å². The molecule has 0 spiro atoms. The minimum atomic E-state index is -0.348. The molecule has 2 heterocycles. The fourth-order valence-corrected chi connectivity index (χ4v) is 3.24. The van der Waals surface area contributed by atoms with Crippen LogP contribution in [0.1, 0.15) is 27.7 Å². The van der Waals surface area contributed by atoms with Gasteiger partial charge >= 0.3 is 5.97 Å². The summed E-state index contributed by atoms with van der Waals surface area (Å²) in [6.45, 7) is 3.48. The molecule has 0 amide bonds. The molecule has 1 aliphatic rings. The van der Waals surface area contributed by atoms with Gasteiger partial charge in [-0.1, -0.05) is 29.8 Å². The zero-order valence-electron chi connectivity index (χ0n) is 13.4. The molecule has 130 valence electrons. The summed E-state index contributed by atoms with van der Waals surface area (Å²) < 4.78 is 4.73. The third-order valence-electron chi connectivity index (χ3n) is 4.15. The summed E-state index contributed by atoms with van der Waals surface area (Å²) in [6.07, 6.45) is 1.86. The highest BCUT2D eigenvalue weighted by Crippen LogP contribution is 2.29. The van der Waals surface area contributed by atoms with E-state index in [4.69, 9.17) is 16.3 Å². The van der Waals surface area contributed by atoms with Gasteiger partial charge < -0.3 is 15.0 Å². The average molecular weight is 370 g/mol. The first-order chi connectivity index (χ1) is 11.2. The van der Waals surface area contributed by atoms with Crippen LogP contribution < -0.4 is 5.32 Å². The molecule has 0 bridgehead atoms. The van der Waals surface area contributed by atoms with Gasteiger partial charge in [-0.25, -0.2) is 4.79 Å². The normalized spacial score (nSPS) is 18.0. The lowest BCUT2D eigenvalue weighted by atomic mass is 10.0. The standard InChI is InChI=1S/C17H20ClN3O2.ClH/c1-23-17(22)15-8-12(9-20-15)11-21-7-6-19-10-16(21)13-4-2-3-5-14(13)18;/h2-5,8-9,16,19-20H,6-7,10-11H2,1H3;1H. The second kappa shape index (κ2) is 8.53. The Morgan fingerprint density at radius 1 is 1.42 bits per heavy atom. The second-order valence-corrected chi connectivity index (χ2v) is 6.03. The van der Waals surface area contributed by atoms with Crippen LogP contribution in [0.3, 0.4) is 0 Å². The first kappa shape index (κ1) is 18.8. The molecule has 24 heavy (non-hydrogen) atoms. The van der Waals surface area contributed by atoms with E-state index in [1.54, 1.807) is 0 Å². The van der Waals surface area contributed by atoms with E-state index < -0.39 is 0 Å². The number of nitrogens with zero attached hydrogens (tertiary/aromatic N) is 1. The number of piperazine rings is 1. The Labute approximate surface area is 152 Å². The highest BCUT2D eigenvalue weighted by atomic mass is 35.5.